The van der Waals surface area contributed by atoms with Gasteiger partial charge in [0.05, 0.1) is 0 Å². The van der Waals surface area contributed by atoms with Gasteiger partial charge < -0.3 is 26.2 Å². The van der Waals surface area contributed by atoms with Crippen LogP contribution in [0.2, 0.25) is 0 Å². The van der Waals surface area contributed by atoms with Crippen molar-refractivity contribution < 1.29 is 19.4 Å². The summed E-state index contributed by atoms with van der Waals surface area (Å²) in [6.45, 7) is 6.12. The van der Waals surface area contributed by atoms with Gasteiger partial charge in [-0.3, -0.25) is 4.79 Å². The van der Waals surface area contributed by atoms with Gasteiger partial charge in [0.25, 0.3) is 0 Å². The Balaban J connectivity index is 3.52. The molecule has 2 amide bonds. The number of aliphatic hydroxyl groups excluding tert-OH is 1. The molecule has 0 aromatic heterocycles. The molecule has 5 N–H and O–H groups in total. The molecule has 7 nitrogen and oxygen atoms in total. The van der Waals surface area contributed by atoms with Gasteiger partial charge in [-0.1, -0.05) is 0 Å². The lowest BCUT2D eigenvalue weighted by atomic mass is 10.2. The molecule has 1 atom stereocenters. The van der Waals surface area contributed by atoms with E-state index in [-0.39, 0.29) is 6.54 Å². The van der Waals surface area contributed by atoms with Gasteiger partial charge in [0.2, 0.25) is 5.91 Å². The van der Waals surface area contributed by atoms with Gasteiger partial charge in [0.15, 0.2) is 0 Å². The van der Waals surface area contributed by atoms with Crippen LogP contribution in [-0.4, -0.2) is 48.4 Å². The van der Waals surface area contributed by atoms with Gasteiger partial charge in [0.1, 0.15) is 11.7 Å². The highest BCUT2D eigenvalue weighted by atomic mass is 16.6. The number of carbonyl (C=O) groups is 2. The number of nitrogens with one attached hydrogen (secondary N) is 2. The standard InChI is InChI=1S/C10H21N3O4/c1-10(2,3)17-9(16)13-5-4-12-6-7(14)8(11)15/h7,12,14H,4-6H2,1-3H3,(H2,11,15)(H,13,16). The van der Waals surface area contributed by atoms with Crippen molar-refractivity contribution in [3.05, 3.63) is 0 Å². The molecule has 0 saturated heterocycles. The average molecular weight is 247 g/mol. The first-order valence-corrected chi connectivity index (χ1v) is 5.37. The minimum absolute atomic E-state index is 0.0608. The Bertz CT molecular complexity index is 263. The third kappa shape index (κ3) is 9.58. The molecule has 0 aromatic rings. The lowest BCUT2D eigenvalue weighted by Crippen LogP contribution is -2.41. The van der Waals surface area contributed by atoms with Crippen LogP contribution in [0.5, 0.6) is 0 Å². The normalized spacial score (nSPS) is 12.9. The van der Waals surface area contributed by atoms with E-state index in [9.17, 15) is 9.59 Å². The molecule has 0 fully saturated rings. The van der Waals surface area contributed by atoms with Crippen LogP contribution >= 0.6 is 0 Å². The summed E-state index contributed by atoms with van der Waals surface area (Å²) in [4.78, 5) is 21.6. The number of aliphatic hydroxyl groups is 1. The number of amides is 2. The number of nitrogens with two attached hydrogens (primary N) is 1. The Morgan fingerprint density at radius 2 is 1.94 bits per heavy atom. The van der Waals surface area contributed by atoms with E-state index in [0.717, 1.165) is 0 Å². The Morgan fingerprint density at radius 1 is 1.35 bits per heavy atom. The Hall–Kier alpha value is -1.34. The number of hydrogen-bond donors (Lipinski definition) is 4. The van der Waals surface area contributed by atoms with Crippen molar-refractivity contribution in [1.82, 2.24) is 10.6 Å². The molecule has 0 aromatic carbocycles. The monoisotopic (exact) mass is 247 g/mol. The average Bonchev–Trinajstić information content (AvgIpc) is 2.13. The van der Waals surface area contributed by atoms with E-state index in [1.807, 2.05) is 0 Å². The molecule has 0 heterocycles. The van der Waals surface area contributed by atoms with E-state index in [4.69, 9.17) is 15.6 Å². The highest BCUT2D eigenvalue weighted by molar-refractivity contribution is 5.78. The first-order chi connectivity index (χ1) is 7.72. The molecule has 0 aliphatic rings. The lowest BCUT2D eigenvalue weighted by molar-refractivity contribution is -0.125. The minimum atomic E-state index is -1.21. The van der Waals surface area contributed by atoms with Crippen LogP contribution < -0.4 is 16.4 Å². The van der Waals surface area contributed by atoms with E-state index in [1.165, 1.54) is 0 Å². The van der Waals surface area contributed by atoms with Crippen molar-refractivity contribution >= 4 is 12.0 Å². The molecule has 0 bridgehead atoms. The van der Waals surface area contributed by atoms with Gasteiger partial charge in [-0.2, -0.15) is 0 Å². The Kier molecular flexibility index (Phi) is 6.52. The predicted molar refractivity (Wildman–Crippen MR) is 62.3 cm³/mol. The van der Waals surface area contributed by atoms with Gasteiger partial charge in [-0.25, -0.2) is 4.79 Å². The fourth-order valence-corrected chi connectivity index (χ4v) is 0.907. The first-order valence-electron chi connectivity index (χ1n) is 5.37. The number of rotatable bonds is 6. The maximum Gasteiger partial charge on any atom is 0.407 e. The second-order valence-corrected chi connectivity index (χ2v) is 4.55. The largest absolute Gasteiger partial charge is 0.444 e. The number of alkyl carbamates (subject to hydrolysis) is 1. The Labute approximate surface area is 101 Å². The summed E-state index contributed by atoms with van der Waals surface area (Å²) in [6.07, 6.45) is -1.72. The quantitative estimate of drug-likeness (QED) is 0.447. The summed E-state index contributed by atoms with van der Waals surface area (Å²) in [5.74, 6) is -0.780. The lowest BCUT2D eigenvalue weighted by Gasteiger charge is -2.19. The van der Waals surface area contributed by atoms with Crippen LogP contribution in [0.3, 0.4) is 0 Å². The van der Waals surface area contributed by atoms with Crippen LogP contribution in [0.1, 0.15) is 20.8 Å². The molecule has 0 aliphatic carbocycles. The third-order valence-corrected chi connectivity index (χ3v) is 1.64. The number of hydrogen-bond acceptors (Lipinski definition) is 5. The maximum atomic E-state index is 11.2. The SMILES string of the molecule is CC(C)(C)OC(=O)NCCNCC(O)C(N)=O. The zero-order valence-corrected chi connectivity index (χ0v) is 10.4. The van der Waals surface area contributed by atoms with Crippen molar-refractivity contribution in [2.75, 3.05) is 19.6 Å². The highest BCUT2D eigenvalue weighted by Gasteiger charge is 2.15. The molecule has 0 aliphatic heterocycles. The van der Waals surface area contributed by atoms with Gasteiger partial charge in [-0.15, -0.1) is 0 Å². The second-order valence-electron chi connectivity index (χ2n) is 4.55. The molecule has 7 heteroatoms. The molecule has 100 valence electrons. The highest BCUT2D eigenvalue weighted by Crippen LogP contribution is 2.05. The molecule has 17 heavy (non-hydrogen) atoms. The summed E-state index contributed by atoms with van der Waals surface area (Å²) in [5.41, 5.74) is 4.32. The van der Waals surface area contributed by atoms with Crippen LogP contribution in [0.25, 0.3) is 0 Å². The maximum absolute atomic E-state index is 11.2. The van der Waals surface area contributed by atoms with Crippen molar-refractivity contribution in [1.29, 1.82) is 0 Å². The first kappa shape index (κ1) is 15.7. The van der Waals surface area contributed by atoms with Crippen molar-refractivity contribution in [3.63, 3.8) is 0 Å². The zero-order valence-electron chi connectivity index (χ0n) is 10.4. The fraction of sp³-hybridized carbons (Fsp3) is 0.800. The summed E-state index contributed by atoms with van der Waals surface area (Å²) < 4.78 is 5.00. The van der Waals surface area contributed by atoms with Crippen LogP contribution in [0, 0.1) is 0 Å². The molecule has 0 radical (unpaired) electrons. The van der Waals surface area contributed by atoms with Crippen molar-refractivity contribution in [2.45, 2.75) is 32.5 Å². The van der Waals surface area contributed by atoms with Crippen molar-refractivity contribution in [2.24, 2.45) is 5.73 Å². The Morgan fingerprint density at radius 3 is 2.41 bits per heavy atom. The van der Waals surface area contributed by atoms with E-state index in [2.05, 4.69) is 10.6 Å². The topological polar surface area (TPSA) is 114 Å². The van der Waals surface area contributed by atoms with Crippen LogP contribution in [-0.2, 0) is 9.53 Å². The third-order valence-electron chi connectivity index (χ3n) is 1.64. The van der Waals surface area contributed by atoms with E-state index in [1.54, 1.807) is 20.8 Å². The van der Waals surface area contributed by atoms with Gasteiger partial charge in [0, 0.05) is 19.6 Å². The van der Waals surface area contributed by atoms with Crippen LogP contribution in [0.15, 0.2) is 0 Å². The number of primary amides is 1. The van der Waals surface area contributed by atoms with E-state index >= 15 is 0 Å². The molecule has 0 saturated carbocycles. The number of carbonyl (C=O) groups excluding carboxylic acids is 2. The second kappa shape index (κ2) is 7.08. The predicted octanol–water partition coefficient (Wildman–Crippen LogP) is -1.05. The number of ether oxygens (including phenoxy) is 1. The van der Waals surface area contributed by atoms with Gasteiger partial charge >= 0.3 is 6.09 Å². The molecule has 0 rings (SSSR count). The zero-order chi connectivity index (χ0) is 13.5. The summed E-state index contributed by atoms with van der Waals surface area (Å²) in [6, 6.07) is 0. The van der Waals surface area contributed by atoms with Gasteiger partial charge in [-0.05, 0) is 20.8 Å². The smallest absolute Gasteiger partial charge is 0.407 e. The summed E-state index contributed by atoms with van der Waals surface area (Å²) in [5, 5.41) is 14.3. The summed E-state index contributed by atoms with van der Waals surface area (Å²) in [7, 11) is 0. The minimum Gasteiger partial charge on any atom is -0.444 e. The van der Waals surface area contributed by atoms with Crippen LogP contribution in [0.4, 0.5) is 4.79 Å². The fourth-order valence-electron chi connectivity index (χ4n) is 0.907. The summed E-state index contributed by atoms with van der Waals surface area (Å²) >= 11 is 0. The molecule has 0 spiro atoms. The molecular weight excluding hydrogens is 226 g/mol. The molecular formula is C10H21N3O4. The molecule has 1 unspecified atom stereocenters. The van der Waals surface area contributed by atoms with E-state index < -0.39 is 23.7 Å². The van der Waals surface area contributed by atoms with E-state index in [0.29, 0.717) is 13.1 Å². The van der Waals surface area contributed by atoms with Crippen molar-refractivity contribution in [3.8, 4) is 0 Å².